The van der Waals surface area contributed by atoms with Gasteiger partial charge >= 0.3 is 0 Å². The molecule has 5 nitrogen and oxygen atoms in total. The maximum absolute atomic E-state index is 13.1. The normalized spacial score (nSPS) is 21.4. The van der Waals surface area contributed by atoms with Crippen LogP contribution in [0, 0.1) is 18.3 Å². The lowest BCUT2D eigenvalue weighted by atomic mass is 9.96. The predicted octanol–water partition coefficient (Wildman–Crippen LogP) is 3.29. The Morgan fingerprint density at radius 2 is 2.23 bits per heavy atom. The van der Waals surface area contributed by atoms with Crippen molar-refractivity contribution in [3.63, 3.8) is 0 Å². The zero-order valence-electron chi connectivity index (χ0n) is 15.4. The second-order valence-electron chi connectivity index (χ2n) is 7.87. The fourth-order valence-electron chi connectivity index (χ4n) is 3.93. The van der Waals surface area contributed by atoms with E-state index in [1.807, 2.05) is 29.1 Å². The van der Waals surface area contributed by atoms with Crippen molar-refractivity contribution in [2.45, 2.75) is 39.2 Å². The highest BCUT2D eigenvalue weighted by molar-refractivity contribution is 5.85. The van der Waals surface area contributed by atoms with Gasteiger partial charge in [-0.25, -0.2) is 0 Å². The van der Waals surface area contributed by atoms with Gasteiger partial charge in [-0.2, -0.15) is 5.10 Å². The number of ether oxygens (including phenoxy) is 1. The van der Waals surface area contributed by atoms with Gasteiger partial charge in [0.25, 0.3) is 0 Å². The average Bonchev–Trinajstić information content (AvgIpc) is 3.25. The van der Waals surface area contributed by atoms with E-state index in [1.54, 1.807) is 6.20 Å². The topological polar surface area (TPSA) is 47.4 Å². The van der Waals surface area contributed by atoms with E-state index in [-0.39, 0.29) is 5.41 Å². The summed E-state index contributed by atoms with van der Waals surface area (Å²) in [5, 5.41) is 4.28. The van der Waals surface area contributed by atoms with Crippen LogP contribution in [-0.2, 0) is 11.3 Å². The third kappa shape index (κ3) is 3.76. The molecule has 2 heterocycles. The first-order chi connectivity index (χ1) is 12.6. The first kappa shape index (κ1) is 17.1. The van der Waals surface area contributed by atoms with Gasteiger partial charge in [0.15, 0.2) is 0 Å². The number of carbonyl (C=O) groups is 1. The van der Waals surface area contributed by atoms with Crippen LogP contribution in [0.3, 0.4) is 0 Å². The monoisotopic (exact) mass is 353 g/mol. The van der Waals surface area contributed by atoms with Gasteiger partial charge < -0.3 is 9.64 Å². The quantitative estimate of drug-likeness (QED) is 0.801. The Bertz CT molecular complexity index is 752. The van der Waals surface area contributed by atoms with Crippen molar-refractivity contribution in [3.05, 3.63) is 48.3 Å². The maximum atomic E-state index is 13.1. The number of rotatable bonds is 6. The van der Waals surface area contributed by atoms with Gasteiger partial charge in [-0.3, -0.25) is 9.48 Å². The fourth-order valence-corrected chi connectivity index (χ4v) is 3.93. The Balaban J connectivity index is 1.33. The highest BCUT2D eigenvalue weighted by atomic mass is 16.5. The van der Waals surface area contributed by atoms with Gasteiger partial charge in [0.2, 0.25) is 5.91 Å². The molecular weight excluding hydrogens is 326 g/mol. The molecule has 2 aliphatic rings. The molecule has 1 aliphatic carbocycles. The molecule has 5 heteroatoms. The number of amides is 1. The summed E-state index contributed by atoms with van der Waals surface area (Å²) >= 11 is 0. The lowest BCUT2D eigenvalue weighted by molar-refractivity contribution is -0.139. The minimum absolute atomic E-state index is 0.217. The molecule has 4 rings (SSSR count). The van der Waals surface area contributed by atoms with Crippen LogP contribution < -0.4 is 4.74 Å². The Morgan fingerprint density at radius 1 is 1.35 bits per heavy atom. The van der Waals surface area contributed by atoms with Gasteiger partial charge in [0, 0.05) is 31.4 Å². The molecule has 2 aromatic rings. The van der Waals surface area contributed by atoms with E-state index in [9.17, 15) is 4.79 Å². The summed E-state index contributed by atoms with van der Waals surface area (Å²) in [5.74, 6) is 1.65. The molecule has 1 aromatic heterocycles. The van der Waals surface area contributed by atoms with Crippen LogP contribution in [0.5, 0.6) is 5.75 Å². The summed E-state index contributed by atoms with van der Waals surface area (Å²) in [4.78, 5) is 15.2. The van der Waals surface area contributed by atoms with Crippen LogP contribution in [0.25, 0.3) is 0 Å². The van der Waals surface area contributed by atoms with Crippen molar-refractivity contribution in [2.24, 2.45) is 11.3 Å². The number of aryl methyl sites for hydroxylation is 1. The fraction of sp³-hybridized carbons (Fsp3) is 0.524. The van der Waals surface area contributed by atoms with Gasteiger partial charge in [0.05, 0.1) is 18.6 Å². The van der Waals surface area contributed by atoms with Crippen molar-refractivity contribution in [1.82, 2.24) is 14.7 Å². The average molecular weight is 353 g/mol. The highest BCUT2D eigenvalue weighted by Crippen LogP contribution is 2.49. The van der Waals surface area contributed by atoms with E-state index < -0.39 is 0 Å². The number of nitrogens with zero attached hydrogens (tertiary/aromatic N) is 3. The molecule has 0 bridgehead atoms. The summed E-state index contributed by atoms with van der Waals surface area (Å²) in [7, 11) is 0. The first-order valence-electron chi connectivity index (χ1n) is 9.61. The van der Waals surface area contributed by atoms with Crippen LogP contribution in [0.4, 0.5) is 0 Å². The van der Waals surface area contributed by atoms with E-state index in [1.165, 1.54) is 5.56 Å². The third-order valence-corrected chi connectivity index (χ3v) is 5.61. The number of piperidine rings is 1. The molecule has 1 saturated carbocycles. The molecule has 1 aliphatic heterocycles. The SMILES string of the molecule is Cc1cccc(OC[C@@H]2CCCN(C(=O)C3(Cn4cccn4)CC3)C2)c1. The molecular formula is C21H27N3O2. The Kier molecular flexibility index (Phi) is 4.70. The van der Waals surface area contributed by atoms with Crippen LogP contribution >= 0.6 is 0 Å². The molecule has 26 heavy (non-hydrogen) atoms. The molecule has 1 atom stereocenters. The van der Waals surface area contributed by atoms with Crippen molar-refractivity contribution in [1.29, 1.82) is 0 Å². The summed E-state index contributed by atoms with van der Waals surface area (Å²) < 4.78 is 7.88. The molecule has 0 spiro atoms. The lowest BCUT2D eigenvalue weighted by Gasteiger charge is -2.35. The van der Waals surface area contributed by atoms with Crippen molar-refractivity contribution < 1.29 is 9.53 Å². The summed E-state index contributed by atoms with van der Waals surface area (Å²) in [5.41, 5.74) is 0.989. The number of likely N-dealkylation sites (tertiary alicyclic amines) is 1. The van der Waals surface area contributed by atoms with E-state index in [0.717, 1.165) is 44.5 Å². The summed E-state index contributed by atoms with van der Waals surface area (Å²) in [6, 6.07) is 10.1. The Hall–Kier alpha value is -2.30. The van der Waals surface area contributed by atoms with Crippen molar-refractivity contribution >= 4 is 5.91 Å². The second kappa shape index (κ2) is 7.14. The van der Waals surface area contributed by atoms with Crippen LogP contribution in [0.1, 0.15) is 31.2 Å². The zero-order valence-corrected chi connectivity index (χ0v) is 15.4. The van der Waals surface area contributed by atoms with E-state index in [2.05, 4.69) is 29.1 Å². The maximum Gasteiger partial charge on any atom is 0.230 e. The second-order valence-corrected chi connectivity index (χ2v) is 7.87. The molecule has 138 valence electrons. The van der Waals surface area contributed by atoms with Gasteiger partial charge in [0.1, 0.15) is 5.75 Å². The predicted molar refractivity (Wildman–Crippen MR) is 99.9 cm³/mol. The number of hydrogen-bond acceptors (Lipinski definition) is 3. The van der Waals surface area contributed by atoms with E-state index in [0.29, 0.717) is 25.0 Å². The highest BCUT2D eigenvalue weighted by Gasteiger charge is 2.52. The number of carbonyl (C=O) groups excluding carboxylic acids is 1. The van der Waals surface area contributed by atoms with Crippen LogP contribution in [0.2, 0.25) is 0 Å². The molecule has 0 radical (unpaired) electrons. The van der Waals surface area contributed by atoms with Crippen molar-refractivity contribution in [2.75, 3.05) is 19.7 Å². The Labute approximate surface area is 154 Å². The molecule has 1 amide bonds. The standard InChI is InChI=1S/C21H27N3O2/c1-17-5-2-7-19(13-17)26-15-18-6-3-11-23(14-18)20(25)21(8-9-21)16-24-12-4-10-22-24/h2,4-5,7,10,12-13,18H,3,6,8-9,11,14-16H2,1H3/t18-/m1/s1. The molecule has 0 N–H and O–H groups in total. The first-order valence-corrected chi connectivity index (χ1v) is 9.61. The number of benzene rings is 1. The van der Waals surface area contributed by atoms with E-state index in [4.69, 9.17) is 4.74 Å². The minimum Gasteiger partial charge on any atom is -0.493 e. The summed E-state index contributed by atoms with van der Waals surface area (Å²) in [6.45, 7) is 5.15. The molecule has 1 aromatic carbocycles. The van der Waals surface area contributed by atoms with Gasteiger partial charge in [-0.15, -0.1) is 0 Å². The smallest absolute Gasteiger partial charge is 0.230 e. The minimum atomic E-state index is -0.217. The number of aromatic nitrogens is 2. The van der Waals surface area contributed by atoms with Crippen molar-refractivity contribution in [3.8, 4) is 5.75 Å². The Morgan fingerprint density at radius 3 is 2.96 bits per heavy atom. The van der Waals surface area contributed by atoms with Crippen LogP contribution in [0.15, 0.2) is 42.7 Å². The van der Waals surface area contributed by atoms with E-state index >= 15 is 0 Å². The largest absolute Gasteiger partial charge is 0.493 e. The molecule has 1 saturated heterocycles. The van der Waals surface area contributed by atoms with Gasteiger partial charge in [-0.1, -0.05) is 12.1 Å². The van der Waals surface area contributed by atoms with Gasteiger partial charge in [-0.05, 0) is 56.4 Å². The summed E-state index contributed by atoms with van der Waals surface area (Å²) in [6.07, 6.45) is 7.87. The zero-order chi connectivity index (χ0) is 18.0. The number of hydrogen-bond donors (Lipinski definition) is 0. The van der Waals surface area contributed by atoms with Crippen LogP contribution in [-0.4, -0.2) is 40.3 Å². The molecule has 0 unspecified atom stereocenters. The third-order valence-electron chi connectivity index (χ3n) is 5.61. The lowest BCUT2D eigenvalue weighted by Crippen LogP contribution is -2.46. The molecule has 2 fully saturated rings.